The third-order valence-corrected chi connectivity index (χ3v) is 5.58. The molecule has 9 nitrogen and oxygen atoms in total. The molecule has 1 saturated heterocycles. The molecule has 3 N–H and O–H groups in total. The third kappa shape index (κ3) is 5.92. The Morgan fingerprint density at radius 1 is 1.25 bits per heavy atom. The van der Waals surface area contributed by atoms with Gasteiger partial charge in [0.15, 0.2) is 0 Å². The van der Waals surface area contributed by atoms with E-state index in [2.05, 4.69) is 21.9 Å². The molecular weight excluding hydrogens is 412 g/mol. The van der Waals surface area contributed by atoms with E-state index in [1.54, 1.807) is 37.1 Å². The van der Waals surface area contributed by atoms with Gasteiger partial charge in [-0.15, -0.1) is 12.3 Å². The van der Waals surface area contributed by atoms with E-state index in [0.717, 1.165) is 12.8 Å². The van der Waals surface area contributed by atoms with Crippen molar-refractivity contribution < 1.29 is 23.9 Å². The van der Waals surface area contributed by atoms with Crippen molar-refractivity contribution in [2.75, 3.05) is 34.4 Å². The first-order chi connectivity index (χ1) is 15.4. The second-order valence-electron chi connectivity index (χ2n) is 7.56. The minimum Gasteiger partial charge on any atom is -0.496 e. The molecule has 1 heterocycles. The van der Waals surface area contributed by atoms with Crippen LogP contribution in [0.1, 0.15) is 36.5 Å². The number of nitrogens with zero attached hydrogens (tertiary/aromatic N) is 1. The van der Waals surface area contributed by atoms with Gasteiger partial charge in [0, 0.05) is 25.6 Å². The highest BCUT2D eigenvalue weighted by Crippen LogP contribution is 2.28. The number of likely N-dealkylation sites (N-methyl/N-ethyl adjacent to an activating group) is 1. The molecular formula is C23H32N4O5. The number of likely N-dealkylation sites (tertiary alicyclic amines) is 1. The smallest absolute Gasteiger partial charge is 0.258 e. The molecule has 0 bridgehead atoms. The average Bonchev–Trinajstić information content (AvgIpc) is 3.28. The van der Waals surface area contributed by atoms with Crippen molar-refractivity contribution in [1.82, 2.24) is 20.9 Å². The number of amides is 3. The fourth-order valence-electron chi connectivity index (χ4n) is 3.66. The summed E-state index contributed by atoms with van der Waals surface area (Å²) in [5.74, 6) is 2.37. The van der Waals surface area contributed by atoms with Gasteiger partial charge < -0.3 is 30.3 Å². The van der Waals surface area contributed by atoms with Crippen molar-refractivity contribution >= 4 is 17.7 Å². The van der Waals surface area contributed by atoms with Crippen LogP contribution in [0.3, 0.4) is 0 Å². The normalized spacial score (nSPS) is 17.1. The van der Waals surface area contributed by atoms with E-state index in [9.17, 15) is 14.4 Å². The molecule has 0 unspecified atom stereocenters. The number of carbonyl (C=O) groups is 3. The van der Waals surface area contributed by atoms with Crippen LogP contribution in [0.4, 0.5) is 0 Å². The molecule has 1 aromatic carbocycles. The first-order valence-electron chi connectivity index (χ1n) is 10.6. The molecule has 1 aromatic rings. The van der Waals surface area contributed by atoms with Crippen LogP contribution in [0.15, 0.2) is 18.2 Å². The van der Waals surface area contributed by atoms with Gasteiger partial charge in [0.25, 0.3) is 5.91 Å². The van der Waals surface area contributed by atoms with Crippen LogP contribution in [-0.4, -0.2) is 75.1 Å². The van der Waals surface area contributed by atoms with Crippen LogP contribution in [-0.2, 0) is 9.59 Å². The van der Waals surface area contributed by atoms with Crippen LogP contribution >= 0.6 is 0 Å². The van der Waals surface area contributed by atoms with Crippen LogP contribution in [0.25, 0.3) is 0 Å². The lowest BCUT2D eigenvalue weighted by molar-refractivity contribution is -0.137. The molecule has 0 spiro atoms. The number of benzene rings is 1. The number of terminal acetylenes is 1. The minimum absolute atomic E-state index is 0.0923. The second-order valence-corrected chi connectivity index (χ2v) is 7.56. The molecule has 9 heteroatoms. The molecule has 0 saturated carbocycles. The number of methoxy groups -OCH3 is 2. The van der Waals surface area contributed by atoms with Crippen molar-refractivity contribution in [3.05, 3.63) is 23.8 Å². The fourth-order valence-corrected chi connectivity index (χ4v) is 3.66. The van der Waals surface area contributed by atoms with E-state index in [1.807, 2.05) is 0 Å². The molecule has 3 atom stereocenters. The quantitative estimate of drug-likeness (QED) is 0.455. The number of ether oxygens (including phenoxy) is 2. The highest BCUT2D eigenvalue weighted by molar-refractivity contribution is 5.99. The van der Waals surface area contributed by atoms with Crippen LogP contribution in [0.5, 0.6) is 11.5 Å². The lowest BCUT2D eigenvalue weighted by Crippen LogP contribution is -2.54. The molecule has 0 aromatic heterocycles. The Kier molecular flexibility index (Phi) is 9.35. The Morgan fingerprint density at radius 3 is 2.47 bits per heavy atom. The zero-order valence-corrected chi connectivity index (χ0v) is 19.1. The summed E-state index contributed by atoms with van der Waals surface area (Å²) in [5.41, 5.74) is 0.298. The third-order valence-electron chi connectivity index (χ3n) is 5.58. The highest BCUT2D eigenvalue weighted by atomic mass is 16.5. The Bertz CT molecular complexity index is 844. The zero-order valence-electron chi connectivity index (χ0n) is 19.1. The van der Waals surface area contributed by atoms with E-state index in [4.69, 9.17) is 15.9 Å². The summed E-state index contributed by atoms with van der Waals surface area (Å²) >= 11 is 0. The monoisotopic (exact) mass is 444 g/mol. The molecule has 0 aliphatic carbocycles. The minimum atomic E-state index is -0.811. The van der Waals surface area contributed by atoms with Gasteiger partial charge in [-0.25, -0.2) is 0 Å². The lowest BCUT2D eigenvalue weighted by atomic mass is 10.1. The summed E-state index contributed by atoms with van der Waals surface area (Å²) < 4.78 is 10.6. The number of hydrogen-bond acceptors (Lipinski definition) is 6. The summed E-state index contributed by atoms with van der Waals surface area (Å²) in [6.07, 6.45) is 7.06. The molecule has 2 rings (SSSR count). The van der Waals surface area contributed by atoms with Gasteiger partial charge in [0.1, 0.15) is 23.1 Å². The Balaban J connectivity index is 2.08. The Labute approximate surface area is 189 Å². The maximum absolute atomic E-state index is 13.2. The standard InChI is InChI=1S/C23H32N4O5/c1-6-9-17(26-21(28)15(2)24-3)23(30)27-13-8-10-16(27)14-25-22(29)20-18(31-4)11-7-12-19(20)32-5/h1,7,11-12,15-17,24H,8-10,13-14H2,2-5H3,(H,25,29)(H,26,28)/t15-,16-,17-/m0/s1. The number of rotatable bonds is 10. The maximum atomic E-state index is 13.2. The molecule has 1 fully saturated rings. The van der Waals surface area contributed by atoms with E-state index < -0.39 is 12.1 Å². The van der Waals surface area contributed by atoms with Gasteiger partial charge in [-0.2, -0.15) is 0 Å². The van der Waals surface area contributed by atoms with Crippen molar-refractivity contribution in [2.45, 2.75) is 44.3 Å². The van der Waals surface area contributed by atoms with Crippen molar-refractivity contribution in [2.24, 2.45) is 0 Å². The summed E-state index contributed by atoms with van der Waals surface area (Å²) in [5, 5.41) is 8.45. The molecule has 3 amide bonds. The first kappa shape index (κ1) is 25.0. The first-order valence-corrected chi connectivity index (χ1v) is 10.6. The van der Waals surface area contributed by atoms with Gasteiger partial charge in [0.05, 0.1) is 20.3 Å². The predicted octanol–water partition coefficient (Wildman–Crippen LogP) is 0.541. The summed E-state index contributed by atoms with van der Waals surface area (Å²) in [6, 6.07) is 3.64. The molecule has 174 valence electrons. The largest absolute Gasteiger partial charge is 0.496 e. The van der Waals surface area contributed by atoms with Crippen molar-refractivity contribution in [3.8, 4) is 23.8 Å². The molecule has 1 aliphatic heterocycles. The van der Waals surface area contributed by atoms with Crippen LogP contribution in [0, 0.1) is 12.3 Å². The van der Waals surface area contributed by atoms with E-state index >= 15 is 0 Å². The highest BCUT2D eigenvalue weighted by Gasteiger charge is 2.34. The summed E-state index contributed by atoms with van der Waals surface area (Å²) in [7, 11) is 4.63. The van der Waals surface area contributed by atoms with E-state index in [-0.39, 0.29) is 36.7 Å². The van der Waals surface area contributed by atoms with E-state index in [0.29, 0.717) is 23.6 Å². The van der Waals surface area contributed by atoms with Crippen LogP contribution in [0.2, 0.25) is 0 Å². The van der Waals surface area contributed by atoms with Crippen molar-refractivity contribution in [3.63, 3.8) is 0 Å². The van der Waals surface area contributed by atoms with Gasteiger partial charge in [-0.05, 0) is 38.9 Å². The van der Waals surface area contributed by atoms with Gasteiger partial charge in [-0.3, -0.25) is 14.4 Å². The van der Waals surface area contributed by atoms with Crippen molar-refractivity contribution in [1.29, 1.82) is 0 Å². The van der Waals surface area contributed by atoms with Crippen LogP contribution < -0.4 is 25.4 Å². The van der Waals surface area contributed by atoms with Gasteiger partial charge >= 0.3 is 0 Å². The molecule has 1 aliphatic rings. The second kappa shape index (κ2) is 12.0. The van der Waals surface area contributed by atoms with Gasteiger partial charge in [0.2, 0.25) is 11.8 Å². The van der Waals surface area contributed by atoms with E-state index in [1.165, 1.54) is 14.2 Å². The number of carbonyl (C=O) groups excluding carboxylic acids is 3. The Hall–Kier alpha value is -3.25. The SMILES string of the molecule is C#CC[C@H](NC(=O)[C@H](C)NC)C(=O)N1CCC[C@H]1CNC(=O)c1c(OC)cccc1OC. The number of hydrogen-bond donors (Lipinski definition) is 3. The predicted molar refractivity (Wildman–Crippen MR) is 121 cm³/mol. The summed E-state index contributed by atoms with van der Waals surface area (Å²) in [6.45, 7) is 2.50. The zero-order chi connectivity index (χ0) is 23.7. The topological polar surface area (TPSA) is 109 Å². The average molecular weight is 445 g/mol. The fraction of sp³-hybridized carbons (Fsp3) is 0.522. The molecule has 0 radical (unpaired) electrons. The lowest BCUT2D eigenvalue weighted by Gasteiger charge is -2.29. The number of nitrogens with one attached hydrogen (secondary N) is 3. The Morgan fingerprint density at radius 2 is 1.91 bits per heavy atom. The maximum Gasteiger partial charge on any atom is 0.258 e. The summed E-state index contributed by atoms with van der Waals surface area (Å²) in [4.78, 5) is 40.0. The van der Waals surface area contributed by atoms with Gasteiger partial charge in [-0.1, -0.05) is 6.07 Å². The molecule has 32 heavy (non-hydrogen) atoms.